The van der Waals surface area contributed by atoms with Gasteiger partial charge in [0.15, 0.2) is 0 Å². The van der Waals surface area contributed by atoms with Gasteiger partial charge in [0.1, 0.15) is 0 Å². The maximum atomic E-state index is 11.6. The third kappa shape index (κ3) is 2.98. The third-order valence-corrected chi connectivity index (χ3v) is 3.02. The fraction of sp³-hybridized carbons (Fsp3) is 0.0833. The summed E-state index contributed by atoms with van der Waals surface area (Å²) >= 11 is 1.38. The lowest BCUT2D eigenvalue weighted by Crippen LogP contribution is -2.18. The molecule has 2 rings (SSSR count). The normalized spacial score (nSPS) is 11.2. The van der Waals surface area contributed by atoms with Crippen LogP contribution in [0.5, 0.6) is 0 Å². The maximum Gasteiger partial charge on any atom is 0.281 e. The highest BCUT2D eigenvalue weighted by Gasteiger charge is 2.05. The first-order valence-electron chi connectivity index (χ1n) is 5.06. The lowest BCUT2D eigenvalue weighted by atomic mass is 10.2. The molecular formula is C12H11N3OS. The first-order valence-corrected chi connectivity index (χ1v) is 5.94. The second-order valence-corrected chi connectivity index (χ2v) is 4.30. The van der Waals surface area contributed by atoms with E-state index in [2.05, 4.69) is 15.5 Å². The predicted molar refractivity (Wildman–Crippen MR) is 68.2 cm³/mol. The standard InChI is InChI=1S/C12H11N3OS/c1-9(10-4-2-6-13-8-10)14-15-12(16)11-5-3-7-17-11/h2-8H,1H3,(H,15,16). The monoisotopic (exact) mass is 245 g/mol. The highest BCUT2D eigenvalue weighted by atomic mass is 32.1. The molecule has 0 bridgehead atoms. The Morgan fingerprint density at radius 2 is 2.29 bits per heavy atom. The van der Waals surface area contributed by atoms with Crippen LogP contribution in [0.4, 0.5) is 0 Å². The number of hydrogen-bond donors (Lipinski definition) is 1. The van der Waals surface area contributed by atoms with Gasteiger partial charge in [-0.05, 0) is 24.4 Å². The first kappa shape index (κ1) is 11.5. The van der Waals surface area contributed by atoms with Crippen LogP contribution in [0, 0.1) is 0 Å². The summed E-state index contributed by atoms with van der Waals surface area (Å²) in [5, 5.41) is 5.89. The summed E-state index contributed by atoms with van der Waals surface area (Å²) in [6.45, 7) is 1.83. The Morgan fingerprint density at radius 1 is 1.41 bits per heavy atom. The molecule has 1 N–H and O–H groups in total. The number of hydrogen-bond acceptors (Lipinski definition) is 4. The second kappa shape index (κ2) is 5.36. The van der Waals surface area contributed by atoms with E-state index in [4.69, 9.17) is 0 Å². The fourth-order valence-corrected chi connectivity index (χ4v) is 1.85. The molecule has 0 aliphatic heterocycles. The number of amides is 1. The molecular weight excluding hydrogens is 234 g/mol. The van der Waals surface area contributed by atoms with Gasteiger partial charge in [0.2, 0.25) is 0 Å². The molecule has 0 aliphatic rings. The molecule has 0 unspecified atom stereocenters. The number of aromatic nitrogens is 1. The number of pyridine rings is 1. The van der Waals surface area contributed by atoms with Crippen LogP contribution in [0.3, 0.4) is 0 Å². The fourth-order valence-electron chi connectivity index (χ4n) is 1.24. The van der Waals surface area contributed by atoms with Gasteiger partial charge in [-0.2, -0.15) is 5.10 Å². The van der Waals surface area contributed by atoms with Crippen molar-refractivity contribution in [2.75, 3.05) is 0 Å². The van der Waals surface area contributed by atoms with Crippen molar-refractivity contribution in [3.8, 4) is 0 Å². The van der Waals surface area contributed by atoms with Crippen LogP contribution in [-0.2, 0) is 0 Å². The van der Waals surface area contributed by atoms with E-state index in [0.29, 0.717) is 4.88 Å². The summed E-state index contributed by atoms with van der Waals surface area (Å²) in [5.41, 5.74) is 4.13. The molecule has 0 saturated carbocycles. The highest BCUT2D eigenvalue weighted by molar-refractivity contribution is 7.12. The van der Waals surface area contributed by atoms with Crippen molar-refractivity contribution >= 4 is 23.0 Å². The first-order chi connectivity index (χ1) is 8.27. The Bertz CT molecular complexity index is 520. The maximum absolute atomic E-state index is 11.6. The van der Waals surface area contributed by atoms with Gasteiger partial charge < -0.3 is 0 Å². The molecule has 4 nitrogen and oxygen atoms in total. The molecule has 86 valence electrons. The number of hydrazone groups is 1. The average molecular weight is 245 g/mol. The number of rotatable bonds is 3. The molecule has 0 spiro atoms. The lowest BCUT2D eigenvalue weighted by molar-refractivity contribution is 0.0959. The number of carbonyl (C=O) groups excluding carboxylic acids is 1. The molecule has 5 heteroatoms. The largest absolute Gasteiger partial charge is 0.281 e. The number of carbonyl (C=O) groups is 1. The quantitative estimate of drug-likeness (QED) is 0.666. The SMILES string of the molecule is CC(=NNC(=O)c1cccs1)c1cccnc1. The van der Waals surface area contributed by atoms with Gasteiger partial charge in [-0.1, -0.05) is 12.1 Å². The third-order valence-electron chi connectivity index (χ3n) is 2.15. The molecule has 0 fully saturated rings. The number of nitrogens with one attached hydrogen (secondary N) is 1. The van der Waals surface area contributed by atoms with Crippen molar-refractivity contribution in [2.45, 2.75) is 6.92 Å². The van der Waals surface area contributed by atoms with Gasteiger partial charge in [-0.3, -0.25) is 9.78 Å². The summed E-state index contributed by atoms with van der Waals surface area (Å²) in [6.07, 6.45) is 3.40. The Hall–Kier alpha value is -2.01. The van der Waals surface area contributed by atoms with E-state index in [1.807, 2.05) is 30.5 Å². The molecule has 1 amide bonds. The van der Waals surface area contributed by atoms with Crippen LogP contribution in [0.1, 0.15) is 22.2 Å². The van der Waals surface area contributed by atoms with E-state index in [1.54, 1.807) is 18.5 Å². The van der Waals surface area contributed by atoms with Crippen LogP contribution >= 0.6 is 11.3 Å². The van der Waals surface area contributed by atoms with Crippen LogP contribution in [-0.4, -0.2) is 16.6 Å². The minimum Gasteiger partial charge on any atom is -0.266 e. The molecule has 0 atom stereocenters. The van der Waals surface area contributed by atoms with Gasteiger partial charge in [0, 0.05) is 18.0 Å². The van der Waals surface area contributed by atoms with E-state index in [0.717, 1.165) is 11.3 Å². The minimum atomic E-state index is -0.191. The van der Waals surface area contributed by atoms with Crippen molar-refractivity contribution in [1.29, 1.82) is 0 Å². The van der Waals surface area contributed by atoms with E-state index >= 15 is 0 Å². The predicted octanol–water partition coefficient (Wildman–Crippen LogP) is 2.30. The molecule has 2 aromatic rings. The smallest absolute Gasteiger partial charge is 0.266 e. The molecule has 0 saturated heterocycles. The summed E-state index contributed by atoms with van der Waals surface area (Å²) in [7, 11) is 0. The lowest BCUT2D eigenvalue weighted by Gasteiger charge is -2.00. The van der Waals surface area contributed by atoms with E-state index in [1.165, 1.54) is 11.3 Å². The van der Waals surface area contributed by atoms with Gasteiger partial charge in [0.05, 0.1) is 10.6 Å². The van der Waals surface area contributed by atoms with E-state index in [-0.39, 0.29) is 5.91 Å². The summed E-state index contributed by atoms with van der Waals surface area (Å²) in [5.74, 6) is -0.191. The second-order valence-electron chi connectivity index (χ2n) is 3.36. The Balaban J connectivity index is 2.04. The molecule has 17 heavy (non-hydrogen) atoms. The van der Waals surface area contributed by atoms with Gasteiger partial charge >= 0.3 is 0 Å². The molecule has 2 aromatic heterocycles. The summed E-state index contributed by atoms with van der Waals surface area (Å²) in [6, 6.07) is 7.31. The van der Waals surface area contributed by atoms with Gasteiger partial charge in [-0.25, -0.2) is 5.43 Å². The van der Waals surface area contributed by atoms with Crippen molar-refractivity contribution in [1.82, 2.24) is 10.4 Å². The molecule has 0 radical (unpaired) electrons. The summed E-state index contributed by atoms with van der Waals surface area (Å²) in [4.78, 5) is 16.3. The topological polar surface area (TPSA) is 54.4 Å². The van der Waals surface area contributed by atoms with Crippen molar-refractivity contribution < 1.29 is 4.79 Å². The minimum absolute atomic E-state index is 0.191. The van der Waals surface area contributed by atoms with Crippen LogP contribution in [0.15, 0.2) is 47.1 Å². The van der Waals surface area contributed by atoms with Crippen molar-refractivity contribution in [2.24, 2.45) is 5.10 Å². The van der Waals surface area contributed by atoms with Gasteiger partial charge in [-0.15, -0.1) is 11.3 Å². The van der Waals surface area contributed by atoms with Crippen molar-refractivity contribution in [3.05, 3.63) is 52.5 Å². The Labute approximate surface area is 103 Å². The summed E-state index contributed by atoms with van der Waals surface area (Å²) < 4.78 is 0. The van der Waals surface area contributed by atoms with Crippen molar-refractivity contribution in [3.63, 3.8) is 0 Å². The Kier molecular flexibility index (Phi) is 3.62. The molecule has 2 heterocycles. The molecule has 0 aliphatic carbocycles. The zero-order valence-corrected chi connectivity index (χ0v) is 10.1. The average Bonchev–Trinajstić information content (AvgIpc) is 2.90. The zero-order chi connectivity index (χ0) is 12.1. The van der Waals surface area contributed by atoms with E-state index in [9.17, 15) is 4.79 Å². The number of nitrogens with zero attached hydrogens (tertiary/aromatic N) is 2. The zero-order valence-electron chi connectivity index (χ0n) is 9.25. The van der Waals surface area contributed by atoms with Crippen LogP contribution in [0.25, 0.3) is 0 Å². The molecule has 0 aromatic carbocycles. The number of thiophene rings is 1. The highest BCUT2D eigenvalue weighted by Crippen LogP contribution is 2.07. The van der Waals surface area contributed by atoms with Crippen LogP contribution in [0.2, 0.25) is 0 Å². The van der Waals surface area contributed by atoms with Crippen LogP contribution < -0.4 is 5.43 Å². The van der Waals surface area contributed by atoms with Gasteiger partial charge in [0.25, 0.3) is 5.91 Å². The van der Waals surface area contributed by atoms with E-state index < -0.39 is 0 Å². The Morgan fingerprint density at radius 3 is 2.94 bits per heavy atom.